The lowest BCUT2D eigenvalue weighted by atomic mass is 10.1. The number of nitrogen functional groups attached to an aromatic ring is 1. The topological polar surface area (TPSA) is 74.9 Å². The zero-order valence-corrected chi connectivity index (χ0v) is 9.31. The van der Waals surface area contributed by atoms with E-state index in [4.69, 9.17) is 5.73 Å². The molecule has 1 aromatic heterocycles. The molecule has 1 heterocycles. The van der Waals surface area contributed by atoms with E-state index in [0.717, 1.165) is 0 Å². The predicted molar refractivity (Wildman–Crippen MR) is 67.6 cm³/mol. The van der Waals surface area contributed by atoms with Gasteiger partial charge in [0, 0.05) is 11.8 Å². The molecule has 0 radical (unpaired) electrons. The molecular weight excluding hydrogens is 233 g/mol. The molecule has 0 fully saturated rings. The van der Waals surface area contributed by atoms with Gasteiger partial charge in [0.05, 0.1) is 16.6 Å². The summed E-state index contributed by atoms with van der Waals surface area (Å²) in [5, 5.41) is 9.37. The molecule has 0 saturated heterocycles. The fourth-order valence-electron chi connectivity index (χ4n) is 1.91. The third kappa shape index (κ3) is 1.57. The minimum absolute atomic E-state index is 0.124. The Kier molecular flexibility index (Phi) is 2.19. The maximum Gasteiger partial charge on any atom is 0.143 e. The first-order valence-electron chi connectivity index (χ1n) is 5.38. The number of anilines is 1. The number of aromatic amines is 1. The number of benzene rings is 2. The number of aromatic hydroxyl groups is 1. The maximum absolute atomic E-state index is 13.8. The van der Waals surface area contributed by atoms with E-state index in [1.54, 1.807) is 18.2 Å². The highest BCUT2D eigenvalue weighted by Gasteiger charge is 2.13. The number of phenols is 1. The smallest absolute Gasteiger partial charge is 0.143 e. The zero-order chi connectivity index (χ0) is 12.7. The summed E-state index contributed by atoms with van der Waals surface area (Å²) in [5.41, 5.74) is 7.59. The minimum atomic E-state index is -0.432. The van der Waals surface area contributed by atoms with Gasteiger partial charge in [-0.25, -0.2) is 9.37 Å². The molecular formula is C13H10FN3O. The molecule has 0 aliphatic carbocycles. The molecule has 3 rings (SSSR count). The summed E-state index contributed by atoms with van der Waals surface area (Å²) >= 11 is 0. The fraction of sp³-hybridized carbons (Fsp3) is 0. The number of halogens is 1. The molecule has 3 aromatic rings. The maximum atomic E-state index is 13.8. The van der Waals surface area contributed by atoms with Gasteiger partial charge in [0.1, 0.15) is 17.4 Å². The number of fused-ring (bicyclic) bond motifs is 1. The lowest BCUT2D eigenvalue weighted by Crippen LogP contribution is -1.94. The Balaban J connectivity index is 2.26. The molecule has 4 nitrogen and oxygen atoms in total. The lowest BCUT2D eigenvalue weighted by molar-refractivity contribution is 0.476. The summed E-state index contributed by atoms with van der Waals surface area (Å²) in [5.74, 6) is 0.0451. The average Bonchev–Trinajstić information content (AvgIpc) is 2.71. The molecule has 2 aromatic carbocycles. The molecule has 0 aliphatic rings. The highest BCUT2D eigenvalue weighted by atomic mass is 19.1. The third-order valence-electron chi connectivity index (χ3n) is 2.75. The number of nitrogens with one attached hydrogen (secondary N) is 1. The van der Waals surface area contributed by atoms with Crippen molar-refractivity contribution in [3.63, 3.8) is 0 Å². The normalized spacial score (nSPS) is 10.9. The summed E-state index contributed by atoms with van der Waals surface area (Å²) in [6.45, 7) is 0. The average molecular weight is 243 g/mol. The number of H-pyrrole nitrogens is 1. The van der Waals surface area contributed by atoms with Crippen molar-refractivity contribution in [3.05, 3.63) is 42.2 Å². The Hall–Kier alpha value is -2.56. The van der Waals surface area contributed by atoms with Gasteiger partial charge in [-0.3, -0.25) is 0 Å². The highest BCUT2D eigenvalue weighted by molar-refractivity contribution is 5.83. The van der Waals surface area contributed by atoms with Crippen molar-refractivity contribution in [1.29, 1.82) is 0 Å². The van der Waals surface area contributed by atoms with Crippen molar-refractivity contribution >= 4 is 16.7 Å². The molecule has 0 atom stereocenters. The first-order valence-corrected chi connectivity index (χ1v) is 5.38. The lowest BCUT2D eigenvalue weighted by Gasteiger charge is -2.02. The second-order valence-corrected chi connectivity index (χ2v) is 3.99. The fourth-order valence-corrected chi connectivity index (χ4v) is 1.91. The van der Waals surface area contributed by atoms with Crippen molar-refractivity contribution in [1.82, 2.24) is 9.97 Å². The quantitative estimate of drug-likeness (QED) is 0.575. The van der Waals surface area contributed by atoms with Crippen LogP contribution in [-0.2, 0) is 0 Å². The number of imidazole rings is 1. The first-order chi connectivity index (χ1) is 8.65. The van der Waals surface area contributed by atoms with E-state index < -0.39 is 5.82 Å². The van der Waals surface area contributed by atoms with E-state index >= 15 is 0 Å². The number of aromatic nitrogens is 2. The van der Waals surface area contributed by atoms with Crippen LogP contribution in [0.2, 0.25) is 0 Å². The molecule has 0 spiro atoms. The third-order valence-corrected chi connectivity index (χ3v) is 2.75. The van der Waals surface area contributed by atoms with Gasteiger partial charge in [-0.05, 0) is 24.3 Å². The van der Waals surface area contributed by atoms with Crippen LogP contribution in [0.3, 0.4) is 0 Å². The van der Waals surface area contributed by atoms with Crippen molar-refractivity contribution in [2.24, 2.45) is 0 Å². The number of hydrogen-bond donors (Lipinski definition) is 3. The van der Waals surface area contributed by atoms with Crippen LogP contribution in [0, 0.1) is 5.82 Å². The van der Waals surface area contributed by atoms with E-state index in [2.05, 4.69) is 9.97 Å². The zero-order valence-electron chi connectivity index (χ0n) is 9.31. The van der Waals surface area contributed by atoms with E-state index in [1.165, 1.54) is 18.2 Å². The molecule has 0 aliphatic heterocycles. The van der Waals surface area contributed by atoms with Crippen molar-refractivity contribution in [3.8, 4) is 17.1 Å². The molecule has 5 heteroatoms. The van der Waals surface area contributed by atoms with Gasteiger partial charge in [0.2, 0.25) is 0 Å². The monoisotopic (exact) mass is 243 g/mol. The second kappa shape index (κ2) is 3.73. The molecule has 0 bridgehead atoms. The van der Waals surface area contributed by atoms with Crippen molar-refractivity contribution in [2.45, 2.75) is 0 Å². The summed E-state index contributed by atoms with van der Waals surface area (Å²) < 4.78 is 13.8. The van der Waals surface area contributed by atoms with Gasteiger partial charge < -0.3 is 15.8 Å². The van der Waals surface area contributed by atoms with Gasteiger partial charge in [0.25, 0.3) is 0 Å². The number of hydrogen-bond acceptors (Lipinski definition) is 3. The van der Waals surface area contributed by atoms with Crippen LogP contribution in [-0.4, -0.2) is 15.1 Å². The Bertz CT molecular complexity index is 716. The van der Waals surface area contributed by atoms with Crippen LogP contribution < -0.4 is 5.73 Å². The van der Waals surface area contributed by atoms with E-state index in [0.29, 0.717) is 22.5 Å². The molecule has 0 amide bonds. The second-order valence-electron chi connectivity index (χ2n) is 3.99. The van der Waals surface area contributed by atoms with Crippen LogP contribution >= 0.6 is 0 Å². The van der Waals surface area contributed by atoms with E-state index in [1.807, 2.05) is 0 Å². The Morgan fingerprint density at radius 1 is 1.22 bits per heavy atom. The van der Waals surface area contributed by atoms with Gasteiger partial charge in [-0.2, -0.15) is 0 Å². The molecule has 4 N–H and O–H groups in total. The van der Waals surface area contributed by atoms with Gasteiger partial charge >= 0.3 is 0 Å². The standard InChI is InChI=1S/C13H10FN3O/c14-8-2-1-3-9(15)12(8)13-16-10-5-4-7(18)6-11(10)17-13/h1-6,18H,15H2,(H,16,17). The SMILES string of the molecule is Nc1cccc(F)c1-c1nc2ccc(O)cc2[nH]1. The molecule has 0 saturated carbocycles. The van der Waals surface area contributed by atoms with Crippen molar-refractivity contribution < 1.29 is 9.50 Å². The number of nitrogens with zero attached hydrogens (tertiary/aromatic N) is 1. The highest BCUT2D eigenvalue weighted by Crippen LogP contribution is 2.29. The minimum Gasteiger partial charge on any atom is -0.508 e. The van der Waals surface area contributed by atoms with Crippen molar-refractivity contribution in [2.75, 3.05) is 5.73 Å². The van der Waals surface area contributed by atoms with Crippen LogP contribution in [0.4, 0.5) is 10.1 Å². The molecule has 0 unspecified atom stereocenters. The number of rotatable bonds is 1. The van der Waals surface area contributed by atoms with E-state index in [-0.39, 0.29) is 11.3 Å². The van der Waals surface area contributed by atoms with E-state index in [9.17, 15) is 9.50 Å². The summed E-state index contributed by atoms with van der Waals surface area (Å²) in [6.07, 6.45) is 0. The van der Waals surface area contributed by atoms with Gasteiger partial charge in [0.15, 0.2) is 0 Å². The summed E-state index contributed by atoms with van der Waals surface area (Å²) in [6, 6.07) is 9.20. The number of phenolic OH excluding ortho intramolecular Hbond substituents is 1. The summed E-state index contributed by atoms with van der Waals surface area (Å²) in [7, 11) is 0. The first kappa shape index (κ1) is 10.6. The Morgan fingerprint density at radius 3 is 2.83 bits per heavy atom. The summed E-state index contributed by atoms with van der Waals surface area (Å²) in [4.78, 5) is 7.20. The Labute approximate surface area is 102 Å². The predicted octanol–water partition coefficient (Wildman–Crippen LogP) is 2.66. The number of nitrogens with two attached hydrogens (primary N) is 1. The molecule has 90 valence electrons. The van der Waals surface area contributed by atoms with Gasteiger partial charge in [-0.1, -0.05) is 6.07 Å². The van der Waals surface area contributed by atoms with Crippen LogP contribution in [0.1, 0.15) is 0 Å². The van der Waals surface area contributed by atoms with Crippen LogP contribution in [0.25, 0.3) is 22.4 Å². The van der Waals surface area contributed by atoms with Crippen LogP contribution in [0.5, 0.6) is 5.75 Å². The largest absolute Gasteiger partial charge is 0.508 e. The van der Waals surface area contributed by atoms with Crippen LogP contribution in [0.15, 0.2) is 36.4 Å². The molecule has 18 heavy (non-hydrogen) atoms. The Morgan fingerprint density at radius 2 is 2.06 bits per heavy atom. The van der Waals surface area contributed by atoms with Gasteiger partial charge in [-0.15, -0.1) is 0 Å².